The van der Waals surface area contributed by atoms with Gasteiger partial charge in [-0.2, -0.15) is 0 Å². The van der Waals surface area contributed by atoms with Gasteiger partial charge in [-0.25, -0.2) is 0 Å². The number of benzene rings is 1. The first kappa shape index (κ1) is 10.3. The van der Waals surface area contributed by atoms with Crippen LogP contribution in [0.2, 0.25) is 5.02 Å². The lowest BCUT2D eigenvalue weighted by Crippen LogP contribution is -2.14. The number of rotatable bonds is 2. The standard InChI is InChI=1S/C11H13ClN2O/c1-6-4-8(6)11(15)14-7-2-3-9(12)10(13)5-7/h2-3,5-6,8H,4,13H2,1H3,(H,14,15). The summed E-state index contributed by atoms with van der Waals surface area (Å²) in [6, 6.07) is 5.11. The zero-order valence-corrected chi connectivity index (χ0v) is 9.21. The largest absolute Gasteiger partial charge is 0.397 e. The molecule has 1 saturated carbocycles. The Morgan fingerprint density at radius 1 is 1.60 bits per heavy atom. The van der Waals surface area contributed by atoms with Crippen LogP contribution < -0.4 is 11.1 Å². The Kier molecular flexibility index (Phi) is 2.57. The first-order valence-electron chi connectivity index (χ1n) is 4.94. The fraction of sp³-hybridized carbons (Fsp3) is 0.364. The van der Waals surface area contributed by atoms with Gasteiger partial charge in [0.15, 0.2) is 0 Å². The van der Waals surface area contributed by atoms with Gasteiger partial charge in [-0.1, -0.05) is 18.5 Å². The number of carbonyl (C=O) groups is 1. The highest BCUT2D eigenvalue weighted by Crippen LogP contribution is 2.38. The Morgan fingerprint density at radius 2 is 2.27 bits per heavy atom. The molecule has 2 unspecified atom stereocenters. The van der Waals surface area contributed by atoms with Crippen molar-refractivity contribution in [2.24, 2.45) is 11.8 Å². The molecule has 15 heavy (non-hydrogen) atoms. The summed E-state index contributed by atoms with van der Waals surface area (Å²) in [4.78, 5) is 11.6. The van der Waals surface area contributed by atoms with Crippen molar-refractivity contribution in [3.63, 3.8) is 0 Å². The van der Waals surface area contributed by atoms with Gasteiger partial charge < -0.3 is 11.1 Å². The van der Waals surface area contributed by atoms with E-state index in [9.17, 15) is 4.79 Å². The van der Waals surface area contributed by atoms with Gasteiger partial charge in [0.25, 0.3) is 0 Å². The molecule has 0 bridgehead atoms. The van der Waals surface area contributed by atoms with E-state index in [1.54, 1.807) is 18.2 Å². The van der Waals surface area contributed by atoms with Crippen molar-refractivity contribution in [1.82, 2.24) is 0 Å². The van der Waals surface area contributed by atoms with Gasteiger partial charge in [-0.3, -0.25) is 4.79 Å². The van der Waals surface area contributed by atoms with E-state index in [1.807, 2.05) is 0 Å². The molecule has 0 heterocycles. The van der Waals surface area contributed by atoms with Crippen molar-refractivity contribution in [3.8, 4) is 0 Å². The van der Waals surface area contributed by atoms with Crippen LogP contribution in [0.15, 0.2) is 18.2 Å². The summed E-state index contributed by atoms with van der Waals surface area (Å²) in [5.41, 5.74) is 6.83. The predicted molar refractivity (Wildman–Crippen MR) is 61.8 cm³/mol. The molecule has 3 N–H and O–H groups in total. The van der Waals surface area contributed by atoms with Crippen LogP contribution in [0.4, 0.5) is 11.4 Å². The molecule has 0 radical (unpaired) electrons. The van der Waals surface area contributed by atoms with Crippen molar-refractivity contribution in [2.45, 2.75) is 13.3 Å². The number of carbonyl (C=O) groups excluding carboxylic acids is 1. The van der Waals surface area contributed by atoms with E-state index in [0.29, 0.717) is 22.3 Å². The lowest BCUT2D eigenvalue weighted by atomic mass is 10.2. The Labute approximate surface area is 93.6 Å². The summed E-state index contributed by atoms with van der Waals surface area (Å²) in [5.74, 6) is 0.751. The fourth-order valence-corrected chi connectivity index (χ4v) is 1.66. The average Bonchev–Trinajstić information content (AvgIpc) is 2.89. The molecular weight excluding hydrogens is 212 g/mol. The van der Waals surface area contributed by atoms with Crippen LogP contribution in [0.5, 0.6) is 0 Å². The maximum Gasteiger partial charge on any atom is 0.227 e. The minimum Gasteiger partial charge on any atom is -0.397 e. The summed E-state index contributed by atoms with van der Waals surface area (Å²) in [6.45, 7) is 2.07. The Hall–Kier alpha value is -1.22. The summed E-state index contributed by atoms with van der Waals surface area (Å²) < 4.78 is 0. The number of hydrogen-bond donors (Lipinski definition) is 2. The van der Waals surface area contributed by atoms with Crippen LogP contribution in [0.1, 0.15) is 13.3 Å². The molecule has 1 aliphatic rings. The van der Waals surface area contributed by atoms with Gasteiger partial charge in [-0.05, 0) is 30.5 Å². The fourth-order valence-electron chi connectivity index (χ4n) is 1.54. The zero-order chi connectivity index (χ0) is 11.0. The summed E-state index contributed by atoms with van der Waals surface area (Å²) >= 11 is 5.78. The van der Waals surface area contributed by atoms with E-state index in [1.165, 1.54) is 0 Å². The van der Waals surface area contributed by atoms with Crippen LogP contribution in [0.3, 0.4) is 0 Å². The van der Waals surface area contributed by atoms with E-state index in [2.05, 4.69) is 12.2 Å². The number of anilines is 2. The maximum atomic E-state index is 11.6. The normalized spacial score (nSPS) is 23.6. The summed E-state index contributed by atoms with van der Waals surface area (Å²) in [7, 11) is 0. The van der Waals surface area contributed by atoms with E-state index in [0.717, 1.165) is 6.42 Å². The highest BCUT2D eigenvalue weighted by Gasteiger charge is 2.39. The number of nitrogens with two attached hydrogens (primary N) is 1. The van der Waals surface area contributed by atoms with Gasteiger partial charge in [-0.15, -0.1) is 0 Å². The molecule has 2 rings (SSSR count). The van der Waals surface area contributed by atoms with Crippen LogP contribution in [-0.2, 0) is 4.79 Å². The molecule has 2 atom stereocenters. The molecule has 0 spiro atoms. The molecule has 0 aromatic heterocycles. The second kappa shape index (κ2) is 3.74. The summed E-state index contributed by atoms with van der Waals surface area (Å²) in [5, 5.41) is 3.33. The van der Waals surface area contributed by atoms with Gasteiger partial charge >= 0.3 is 0 Å². The maximum absolute atomic E-state index is 11.6. The Bertz CT molecular complexity index is 406. The molecule has 1 aliphatic carbocycles. The van der Waals surface area contributed by atoms with Crippen LogP contribution >= 0.6 is 11.6 Å². The first-order valence-corrected chi connectivity index (χ1v) is 5.31. The molecule has 80 valence electrons. The third-order valence-corrected chi connectivity index (χ3v) is 3.05. The highest BCUT2D eigenvalue weighted by atomic mass is 35.5. The number of hydrogen-bond acceptors (Lipinski definition) is 2. The van der Waals surface area contributed by atoms with Gasteiger partial charge in [0.2, 0.25) is 5.91 Å². The molecule has 1 fully saturated rings. The van der Waals surface area contributed by atoms with E-state index >= 15 is 0 Å². The SMILES string of the molecule is CC1CC1C(=O)Nc1ccc(Cl)c(N)c1. The van der Waals surface area contributed by atoms with Crippen molar-refractivity contribution in [3.05, 3.63) is 23.2 Å². The molecule has 0 saturated heterocycles. The number of nitrogen functional groups attached to an aromatic ring is 1. The minimum absolute atomic E-state index is 0.0734. The molecule has 1 aromatic rings. The van der Waals surface area contributed by atoms with Gasteiger partial charge in [0.1, 0.15) is 0 Å². The zero-order valence-electron chi connectivity index (χ0n) is 8.46. The van der Waals surface area contributed by atoms with Crippen molar-refractivity contribution >= 4 is 28.9 Å². The third-order valence-electron chi connectivity index (χ3n) is 2.71. The van der Waals surface area contributed by atoms with E-state index < -0.39 is 0 Å². The smallest absolute Gasteiger partial charge is 0.227 e. The molecule has 3 nitrogen and oxygen atoms in total. The van der Waals surface area contributed by atoms with Crippen LogP contribution in [0.25, 0.3) is 0 Å². The summed E-state index contributed by atoms with van der Waals surface area (Å²) in [6.07, 6.45) is 0.981. The van der Waals surface area contributed by atoms with Crippen molar-refractivity contribution in [2.75, 3.05) is 11.1 Å². The predicted octanol–water partition coefficient (Wildman–Crippen LogP) is 2.52. The number of nitrogens with one attached hydrogen (secondary N) is 1. The minimum atomic E-state index is 0.0734. The molecule has 4 heteroatoms. The van der Waals surface area contributed by atoms with Gasteiger partial charge in [0.05, 0.1) is 10.7 Å². The molecule has 1 aromatic carbocycles. The Balaban J connectivity index is 2.04. The topological polar surface area (TPSA) is 55.1 Å². The lowest BCUT2D eigenvalue weighted by molar-refractivity contribution is -0.117. The van der Waals surface area contributed by atoms with Crippen LogP contribution in [-0.4, -0.2) is 5.91 Å². The van der Waals surface area contributed by atoms with Crippen molar-refractivity contribution < 1.29 is 4.79 Å². The molecule has 0 aliphatic heterocycles. The second-order valence-corrected chi connectivity index (χ2v) is 4.45. The quantitative estimate of drug-likeness (QED) is 0.759. The lowest BCUT2D eigenvalue weighted by Gasteiger charge is -2.06. The third kappa shape index (κ3) is 2.23. The average molecular weight is 225 g/mol. The second-order valence-electron chi connectivity index (χ2n) is 4.05. The van der Waals surface area contributed by atoms with Crippen molar-refractivity contribution in [1.29, 1.82) is 0 Å². The van der Waals surface area contributed by atoms with E-state index in [-0.39, 0.29) is 11.8 Å². The monoisotopic (exact) mass is 224 g/mol. The number of halogens is 1. The van der Waals surface area contributed by atoms with Crippen LogP contribution in [0, 0.1) is 11.8 Å². The number of amides is 1. The highest BCUT2D eigenvalue weighted by molar-refractivity contribution is 6.33. The molecular formula is C11H13ClN2O. The molecule has 1 amide bonds. The Morgan fingerprint density at radius 3 is 2.80 bits per heavy atom. The van der Waals surface area contributed by atoms with Gasteiger partial charge in [0, 0.05) is 11.6 Å². The first-order chi connectivity index (χ1) is 7.08. The van der Waals surface area contributed by atoms with E-state index in [4.69, 9.17) is 17.3 Å².